The SMILES string of the molecule is Cc1ccc(C(N)CCCCC(N)=O)cc1C. The van der Waals surface area contributed by atoms with Gasteiger partial charge in [0.2, 0.25) is 5.91 Å². The molecule has 0 aliphatic rings. The molecule has 0 saturated heterocycles. The average Bonchev–Trinajstić information content (AvgIpc) is 2.27. The second kappa shape index (κ2) is 6.40. The van der Waals surface area contributed by atoms with Gasteiger partial charge in [0.05, 0.1) is 0 Å². The minimum Gasteiger partial charge on any atom is -0.370 e. The largest absolute Gasteiger partial charge is 0.370 e. The number of hydrogen-bond acceptors (Lipinski definition) is 2. The third-order valence-corrected chi connectivity index (χ3v) is 3.15. The fourth-order valence-electron chi connectivity index (χ4n) is 1.83. The summed E-state index contributed by atoms with van der Waals surface area (Å²) in [5, 5.41) is 0. The number of benzene rings is 1. The van der Waals surface area contributed by atoms with Crippen molar-refractivity contribution in [3.8, 4) is 0 Å². The van der Waals surface area contributed by atoms with Crippen LogP contribution in [0.15, 0.2) is 18.2 Å². The Balaban J connectivity index is 2.44. The van der Waals surface area contributed by atoms with Gasteiger partial charge in [0.25, 0.3) is 0 Å². The number of aryl methyl sites for hydroxylation is 2. The Morgan fingerprint density at radius 2 is 1.94 bits per heavy atom. The molecule has 3 nitrogen and oxygen atoms in total. The summed E-state index contributed by atoms with van der Waals surface area (Å²) in [6.45, 7) is 4.19. The molecule has 0 radical (unpaired) electrons. The van der Waals surface area contributed by atoms with Crippen LogP contribution in [-0.2, 0) is 4.79 Å². The summed E-state index contributed by atoms with van der Waals surface area (Å²) in [5.41, 5.74) is 14.9. The zero-order valence-corrected chi connectivity index (χ0v) is 10.7. The van der Waals surface area contributed by atoms with Crippen LogP contribution in [0.4, 0.5) is 0 Å². The number of amides is 1. The first-order valence-corrected chi connectivity index (χ1v) is 6.11. The molecule has 0 aromatic heterocycles. The lowest BCUT2D eigenvalue weighted by Crippen LogP contribution is -2.12. The molecule has 1 atom stereocenters. The van der Waals surface area contributed by atoms with Gasteiger partial charge in [-0.3, -0.25) is 4.79 Å². The van der Waals surface area contributed by atoms with Gasteiger partial charge in [0.15, 0.2) is 0 Å². The second-order valence-corrected chi connectivity index (χ2v) is 4.66. The summed E-state index contributed by atoms with van der Waals surface area (Å²) in [6, 6.07) is 6.39. The molecule has 1 rings (SSSR count). The van der Waals surface area contributed by atoms with Gasteiger partial charge in [0.1, 0.15) is 0 Å². The van der Waals surface area contributed by atoms with Crippen molar-refractivity contribution >= 4 is 5.91 Å². The van der Waals surface area contributed by atoms with Gasteiger partial charge in [-0.1, -0.05) is 24.6 Å². The fourth-order valence-corrected chi connectivity index (χ4v) is 1.83. The highest BCUT2D eigenvalue weighted by atomic mass is 16.1. The number of primary amides is 1. The standard InChI is InChI=1S/C14H22N2O/c1-10-7-8-12(9-11(10)2)13(15)5-3-4-6-14(16)17/h7-9,13H,3-6,15H2,1-2H3,(H2,16,17). The quantitative estimate of drug-likeness (QED) is 0.742. The summed E-state index contributed by atoms with van der Waals surface area (Å²) in [7, 11) is 0. The summed E-state index contributed by atoms with van der Waals surface area (Å²) < 4.78 is 0. The van der Waals surface area contributed by atoms with Crippen LogP contribution >= 0.6 is 0 Å². The third-order valence-electron chi connectivity index (χ3n) is 3.15. The molecule has 1 unspecified atom stereocenters. The smallest absolute Gasteiger partial charge is 0.217 e. The van der Waals surface area contributed by atoms with Crippen molar-refractivity contribution in [3.63, 3.8) is 0 Å². The topological polar surface area (TPSA) is 69.1 Å². The molecule has 0 fully saturated rings. The predicted octanol–water partition coefficient (Wildman–Crippen LogP) is 2.35. The van der Waals surface area contributed by atoms with Gasteiger partial charge < -0.3 is 11.5 Å². The molecule has 0 spiro atoms. The molecule has 0 aliphatic carbocycles. The molecule has 1 aromatic rings. The van der Waals surface area contributed by atoms with E-state index in [4.69, 9.17) is 11.5 Å². The van der Waals surface area contributed by atoms with Crippen LogP contribution in [-0.4, -0.2) is 5.91 Å². The zero-order valence-electron chi connectivity index (χ0n) is 10.7. The lowest BCUT2D eigenvalue weighted by molar-refractivity contribution is -0.118. The number of nitrogens with two attached hydrogens (primary N) is 2. The van der Waals surface area contributed by atoms with E-state index in [1.165, 1.54) is 16.7 Å². The number of rotatable bonds is 6. The molecule has 1 amide bonds. The first kappa shape index (κ1) is 13.7. The molecule has 0 heterocycles. The van der Waals surface area contributed by atoms with E-state index in [2.05, 4.69) is 32.0 Å². The minimum atomic E-state index is -0.232. The summed E-state index contributed by atoms with van der Waals surface area (Å²) in [4.78, 5) is 10.6. The molecule has 4 N–H and O–H groups in total. The monoisotopic (exact) mass is 234 g/mol. The van der Waals surface area contributed by atoms with E-state index in [0.29, 0.717) is 6.42 Å². The molecule has 0 saturated carbocycles. The van der Waals surface area contributed by atoms with E-state index in [-0.39, 0.29) is 11.9 Å². The van der Waals surface area contributed by atoms with E-state index >= 15 is 0 Å². The maximum atomic E-state index is 10.6. The Hall–Kier alpha value is -1.35. The molecule has 94 valence electrons. The molecule has 1 aromatic carbocycles. The van der Waals surface area contributed by atoms with Crippen molar-refractivity contribution in [3.05, 3.63) is 34.9 Å². The Labute approximate surface area is 103 Å². The van der Waals surface area contributed by atoms with Crippen LogP contribution < -0.4 is 11.5 Å². The van der Waals surface area contributed by atoms with Crippen molar-refractivity contribution in [2.24, 2.45) is 11.5 Å². The van der Waals surface area contributed by atoms with Gasteiger partial charge in [-0.25, -0.2) is 0 Å². The van der Waals surface area contributed by atoms with Crippen molar-refractivity contribution in [2.75, 3.05) is 0 Å². The van der Waals surface area contributed by atoms with E-state index < -0.39 is 0 Å². The zero-order chi connectivity index (χ0) is 12.8. The highest BCUT2D eigenvalue weighted by Gasteiger charge is 2.07. The van der Waals surface area contributed by atoms with Crippen LogP contribution in [0.3, 0.4) is 0 Å². The van der Waals surface area contributed by atoms with Gasteiger partial charge in [-0.15, -0.1) is 0 Å². The fraction of sp³-hybridized carbons (Fsp3) is 0.500. The highest BCUT2D eigenvalue weighted by Crippen LogP contribution is 2.20. The van der Waals surface area contributed by atoms with Crippen LogP contribution in [0.25, 0.3) is 0 Å². The number of unbranched alkanes of at least 4 members (excludes halogenated alkanes) is 1. The Kier molecular flexibility index (Phi) is 5.16. The molecular formula is C14H22N2O. The Morgan fingerprint density at radius 3 is 2.53 bits per heavy atom. The number of carbonyl (C=O) groups is 1. The number of hydrogen-bond donors (Lipinski definition) is 2. The second-order valence-electron chi connectivity index (χ2n) is 4.66. The maximum Gasteiger partial charge on any atom is 0.217 e. The highest BCUT2D eigenvalue weighted by molar-refractivity contribution is 5.73. The molecule has 17 heavy (non-hydrogen) atoms. The maximum absolute atomic E-state index is 10.6. The van der Waals surface area contributed by atoms with E-state index in [0.717, 1.165) is 19.3 Å². The van der Waals surface area contributed by atoms with Crippen LogP contribution in [0, 0.1) is 13.8 Å². The van der Waals surface area contributed by atoms with Crippen LogP contribution in [0.5, 0.6) is 0 Å². The van der Waals surface area contributed by atoms with E-state index in [1.807, 2.05) is 0 Å². The lowest BCUT2D eigenvalue weighted by atomic mass is 9.98. The average molecular weight is 234 g/mol. The van der Waals surface area contributed by atoms with Crippen LogP contribution in [0.2, 0.25) is 0 Å². The predicted molar refractivity (Wildman–Crippen MR) is 70.5 cm³/mol. The first-order chi connectivity index (χ1) is 8.00. The Bertz CT molecular complexity index is 388. The van der Waals surface area contributed by atoms with Gasteiger partial charge in [-0.05, 0) is 43.4 Å². The molecule has 0 bridgehead atoms. The van der Waals surface area contributed by atoms with Crippen molar-refractivity contribution in [1.29, 1.82) is 0 Å². The van der Waals surface area contributed by atoms with Crippen molar-refractivity contribution in [1.82, 2.24) is 0 Å². The summed E-state index contributed by atoms with van der Waals surface area (Å²) in [5.74, 6) is -0.232. The summed E-state index contributed by atoms with van der Waals surface area (Å²) >= 11 is 0. The Morgan fingerprint density at radius 1 is 1.24 bits per heavy atom. The van der Waals surface area contributed by atoms with Crippen molar-refractivity contribution in [2.45, 2.75) is 45.6 Å². The van der Waals surface area contributed by atoms with Gasteiger partial charge >= 0.3 is 0 Å². The van der Waals surface area contributed by atoms with Crippen molar-refractivity contribution < 1.29 is 4.79 Å². The van der Waals surface area contributed by atoms with Gasteiger partial charge in [0, 0.05) is 12.5 Å². The number of carbonyl (C=O) groups excluding carboxylic acids is 1. The summed E-state index contributed by atoms with van der Waals surface area (Å²) in [6.07, 6.45) is 3.13. The van der Waals surface area contributed by atoms with E-state index in [1.54, 1.807) is 0 Å². The first-order valence-electron chi connectivity index (χ1n) is 6.11. The molecular weight excluding hydrogens is 212 g/mol. The lowest BCUT2D eigenvalue weighted by Gasteiger charge is -2.13. The van der Waals surface area contributed by atoms with Crippen LogP contribution in [0.1, 0.15) is 48.4 Å². The van der Waals surface area contributed by atoms with E-state index in [9.17, 15) is 4.79 Å². The molecule has 3 heteroatoms. The van der Waals surface area contributed by atoms with Gasteiger partial charge in [-0.2, -0.15) is 0 Å². The third kappa shape index (κ3) is 4.57. The normalized spacial score (nSPS) is 12.4. The minimum absolute atomic E-state index is 0.0576. The molecule has 0 aliphatic heterocycles.